The molecule has 2 amide bonds. The first-order valence-electron chi connectivity index (χ1n) is 10.1. The van der Waals surface area contributed by atoms with Crippen LogP contribution in [0.25, 0.3) is 0 Å². The number of sulfonamides is 1. The van der Waals surface area contributed by atoms with E-state index in [-0.39, 0.29) is 22.9 Å². The van der Waals surface area contributed by atoms with Crippen LogP contribution in [0.3, 0.4) is 0 Å². The molecular weight excluding hydrogens is 454 g/mol. The Balaban J connectivity index is 1.84. The first kappa shape index (κ1) is 25.6. The minimum absolute atomic E-state index is 0.00215. The van der Waals surface area contributed by atoms with Gasteiger partial charge in [-0.25, -0.2) is 8.42 Å². The SMILES string of the molecule is Cc1cc(Cl)ccc1OCCCC(=O)NNC(=O)c1cccc(S(=O)(=O)N(C)C(C)C)c1. The van der Waals surface area contributed by atoms with Crippen molar-refractivity contribution >= 4 is 33.4 Å². The van der Waals surface area contributed by atoms with Crippen LogP contribution in [0, 0.1) is 6.92 Å². The second-order valence-electron chi connectivity index (χ2n) is 7.51. The number of hydrogen-bond acceptors (Lipinski definition) is 5. The Morgan fingerprint density at radius 2 is 1.84 bits per heavy atom. The van der Waals surface area contributed by atoms with Crippen molar-refractivity contribution in [3.63, 3.8) is 0 Å². The van der Waals surface area contributed by atoms with E-state index in [0.29, 0.717) is 23.8 Å². The van der Waals surface area contributed by atoms with Gasteiger partial charge in [-0.3, -0.25) is 20.4 Å². The summed E-state index contributed by atoms with van der Waals surface area (Å²) in [5, 5.41) is 0.625. The van der Waals surface area contributed by atoms with Crippen molar-refractivity contribution in [2.45, 2.75) is 44.6 Å². The van der Waals surface area contributed by atoms with E-state index < -0.39 is 21.8 Å². The third kappa shape index (κ3) is 6.94. The molecule has 0 unspecified atom stereocenters. The maximum atomic E-state index is 12.6. The van der Waals surface area contributed by atoms with Crippen molar-refractivity contribution in [1.82, 2.24) is 15.2 Å². The van der Waals surface area contributed by atoms with Gasteiger partial charge in [-0.15, -0.1) is 0 Å². The van der Waals surface area contributed by atoms with Gasteiger partial charge in [-0.2, -0.15) is 4.31 Å². The molecule has 2 aromatic carbocycles. The predicted octanol–water partition coefficient (Wildman–Crippen LogP) is 3.30. The molecule has 2 N–H and O–H groups in total. The van der Waals surface area contributed by atoms with E-state index in [1.54, 1.807) is 32.0 Å². The van der Waals surface area contributed by atoms with Crippen molar-refractivity contribution in [2.75, 3.05) is 13.7 Å². The summed E-state index contributed by atoms with van der Waals surface area (Å²) in [6, 6.07) is 10.7. The van der Waals surface area contributed by atoms with Gasteiger partial charge >= 0.3 is 0 Å². The number of nitrogens with zero attached hydrogens (tertiary/aromatic N) is 1. The zero-order valence-corrected chi connectivity index (χ0v) is 20.1. The fourth-order valence-corrected chi connectivity index (χ4v) is 4.33. The smallest absolute Gasteiger partial charge is 0.269 e. The van der Waals surface area contributed by atoms with E-state index in [2.05, 4.69) is 10.9 Å². The molecule has 174 valence electrons. The number of carbonyl (C=O) groups is 2. The number of rotatable bonds is 9. The minimum atomic E-state index is -3.72. The zero-order chi connectivity index (χ0) is 23.9. The monoisotopic (exact) mass is 481 g/mol. The topological polar surface area (TPSA) is 105 Å². The van der Waals surface area contributed by atoms with Gasteiger partial charge in [0.2, 0.25) is 15.9 Å². The normalized spacial score (nSPS) is 11.5. The second kappa shape index (κ2) is 11.3. The fraction of sp³-hybridized carbons (Fsp3) is 0.364. The van der Waals surface area contributed by atoms with E-state index in [0.717, 1.165) is 5.56 Å². The molecule has 0 spiro atoms. The first-order chi connectivity index (χ1) is 15.0. The number of hydrazine groups is 1. The lowest BCUT2D eigenvalue weighted by atomic mass is 10.2. The van der Waals surface area contributed by atoms with Crippen molar-refractivity contribution in [1.29, 1.82) is 0 Å². The number of hydrogen-bond donors (Lipinski definition) is 2. The van der Waals surface area contributed by atoms with Crippen LogP contribution in [0.1, 0.15) is 42.6 Å². The number of carbonyl (C=O) groups excluding carboxylic acids is 2. The Bertz CT molecular complexity index is 1070. The van der Waals surface area contributed by atoms with Gasteiger partial charge in [-0.1, -0.05) is 17.7 Å². The van der Waals surface area contributed by atoms with Gasteiger partial charge in [0.05, 0.1) is 11.5 Å². The third-order valence-corrected chi connectivity index (χ3v) is 7.02. The van der Waals surface area contributed by atoms with Crippen LogP contribution < -0.4 is 15.6 Å². The molecule has 0 radical (unpaired) electrons. The van der Waals surface area contributed by atoms with E-state index >= 15 is 0 Å². The van der Waals surface area contributed by atoms with Crippen molar-refractivity contribution in [3.8, 4) is 5.75 Å². The van der Waals surface area contributed by atoms with E-state index in [4.69, 9.17) is 16.3 Å². The molecule has 0 saturated heterocycles. The molecule has 0 aliphatic rings. The van der Waals surface area contributed by atoms with Gasteiger partial charge < -0.3 is 4.74 Å². The summed E-state index contributed by atoms with van der Waals surface area (Å²) in [4.78, 5) is 24.3. The van der Waals surface area contributed by atoms with E-state index in [1.807, 2.05) is 6.92 Å². The molecule has 0 bridgehead atoms. The summed E-state index contributed by atoms with van der Waals surface area (Å²) in [5.74, 6) is -0.310. The van der Waals surface area contributed by atoms with Crippen LogP contribution >= 0.6 is 11.6 Å². The number of nitrogens with one attached hydrogen (secondary N) is 2. The Morgan fingerprint density at radius 1 is 1.12 bits per heavy atom. The largest absolute Gasteiger partial charge is 0.493 e. The summed E-state index contributed by atoms with van der Waals surface area (Å²) in [5.41, 5.74) is 5.64. The third-order valence-electron chi connectivity index (χ3n) is 4.76. The lowest BCUT2D eigenvalue weighted by Crippen LogP contribution is -2.41. The molecule has 0 aliphatic carbocycles. The highest BCUT2D eigenvalue weighted by atomic mass is 35.5. The molecule has 8 nitrogen and oxygen atoms in total. The van der Waals surface area contributed by atoms with Crippen LogP contribution in [-0.2, 0) is 14.8 Å². The first-order valence-corrected chi connectivity index (χ1v) is 11.9. The molecule has 32 heavy (non-hydrogen) atoms. The standard InChI is InChI=1S/C22H28ClN3O5S/c1-15(2)26(4)32(29,30)19-8-5-7-17(14-19)22(28)25-24-21(27)9-6-12-31-20-11-10-18(23)13-16(20)3/h5,7-8,10-11,13-15H,6,9,12H2,1-4H3,(H,24,27)(H,25,28). The van der Waals surface area contributed by atoms with Crippen LogP contribution in [0.15, 0.2) is 47.4 Å². The number of ether oxygens (including phenoxy) is 1. The maximum absolute atomic E-state index is 12.6. The highest BCUT2D eigenvalue weighted by molar-refractivity contribution is 7.89. The number of amides is 2. The fourth-order valence-electron chi connectivity index (χ4n) is 2.69. The molecule has 2 rings (SSSR count). The van der Waals surface area contributed by atoms with Gasteiger partial charge in [0.15, 0.2) is 0 Å². The summed E-state index contributed by atoms with van der Waals surface area (Å²) < 4.78 is 32.1. The lowest BCUT2D eigenvalue weighted by molar-refractivity contribution is -0.122. The Hall–Kier alpha value is -2.62. The highest BCUT2D eigenvalue weighted by Crippen LogP contribution is 2.22. The summed E-state index contributed by atoms with van der Waals surface area (Å²) in [7, 11) is -2.25. The molecule has 0 aromatic heterocycles. The van der Waals surface area contributed by atoms with Crippen LogP contribution in [-0.4, -0.2) is 44.2 Å². The maximum Gasteiger partial charge on any atom is 0.269 e. The molecular formula is C22H28ClN3O5S. The quantitative estimate of drug-likeness (QED) is 0.422. The zero-order valence-electron chi connectivity index (χ0n) is 18.5. The number of aryl methyl sites for hydroxylation is 1. The van der Waals surface area contributed by atoms with Crippen LogP contribution in [0.2, 0.25) is 5.02 Å². The molecule has 10 heteroatoms. The summed E-state index contributed by atoms with van der Waals surface area (Å²) in [6.45, 7) is 5.72. The Morgan fingerprint density at radius 3 is 2.50 bits per heavy atom. The van der Waals surface area contributed by atoms with Crippen molar-refractivity contribution < 1.29 is 22.7 Å². The number of benzene rings is 2. The molecule has 0 aliphatic heterocycles. The summed E-state index contributed by atoms with van der Waals surface area (Å²) in [6.07, 6.45) is 0.583. The van der Waals surface area contributed by atoms with Crippen molar-refractivity contribution in [2.24, 2.45) is 0 Å². The van der Waals surface area contributed by atoms with Gasteiger partial charge in [0.1, 0.15) is 5.75 Å². The van der Waals surface area contributed by atoms with E-state index in [1.165, 1.54) is 35.6 Å². The van der Waals surface area contributed by atoms with E-state index in [9.17, 15) is 18.0 Å². The lowest BCUT2D eigenvalue weighted by Gasteiger charge is -2.21. The number of halogens is 1. The predicted molar refractivity (Wildman–Crippen MR) is 123 cm³/mol. The van der Waals surface area contributed by atoms with Gasteiger partial charge in [0.25, 0.3) is 5.91 Å². The van der Waals surface area contributed by atoms with Gasteiger partial charge in [-0.05, 0) is 69.2 Å². The van der Waals surface area contributed by atoms with Crippen molar-refractivity contribution in [3.05, 3.63) is 58.6 Å². The average Bonchev–Trinajstić information content (AvgIpc) is 2.75. The Labute approximate surface area is 193 Å². The highest BCUT2D eigenvalue weighted by Gasteiger charge is 2.24. The van der Waals surface area contributed by atoms with Gasteiger partial charge in [0, 0.05) is 30.1 Å². The molecule has 0 fully saturated rings. The molecule has 2 aromatic rings. The average molecular weight is 482 g/mol. The molecule has 0 saturated carbocycles. The molecule has 0 atom stereocenters. The second-order valence-corrected chi connectivity index (χ2v) is 9.94. The van der Waals surface area contributed by atoms with Crippen LogP contribution in [0.4, 0.5) is 0 Å². The minimum Gasteiger partial charge on any atom is -0.493 e. The molecule has 0 heterocycles. The van der Waals surface area contributed by atoms with Crippen LogP contribution in [0.5, 0.6) is 5.75 Å². The summed E-state index contributed by atoms with van der Waals surface area (Å²) >= 11 is 5.91. The Kier molecular flexibility index (Phi) is 9.06.